The molecule has 0 aliphatic carbocycles. The van der Waals surface area contributed by atoms with E-state index >= 15 is 0 Å². The number of nitrogens with zero attached hydrogens (tertiary/aromatic N) is 1. The Morgan fingerprint density at radius 1 is 1.15 bits per heavy atom. The molecule has 2 N–H and O–H groups in total. The van der Waals surface area contributed by atoms with Gasteiger partial charge >= 0.3 is 0 Å². The zero-order chi connectivity index (χ0) is 18.4. The lowest BCUT2D eigenvalue weighted by molar-refractivity contribution is 0.0947. The van der Waals surface area contributed by atoms with Crippen molar-refractivity contribution in [3.05, 3.63) is 29.8 Å². The van der Waals surface area contributed by atoms with Gasteiger partial charge in [0, 0.05) is 19.6 Å². The second-order valence-electron chi connectivity index (χ2n) is 7.22. The average Bonchev–Trinajstić information content (AvgIpc) is 2.69. The molecule has 2 aliphatic heterocycles. The number of halogens is 1. The van der Waals surface area contributed by atoms with Gasteiger partial charge in [0.1, 0.15) is 0 Å². The van der Waals surface area contributed by atoms with E-state index < -0.39 is 10.0 Å². The molecule has 3 rings (SSSR count). The van der Waals surface area contributed by atoms with Crippen LogP contribution in [0, 0.1) is 5.92 Å². The first-order valence-corrected chi connectivity index (χ1v) is 11.1. The molecule has 1 aromatic rings. The van der Waals surface area contributed by atoms with Gasteiger partial charge in [-0.2, -0.15) is 4.31 Å². The van der Waals surface area contributed by atoms with Gasteiger partial charge in [0.2, 0.25) is 10.0 Å². The van der Waals surface area contributed by atoms with Crippen molar-refractivity contribution in [2.75, 3.05) is 32.7 Å². The quantitative estimate of drug-likeness (QED) is 0.747. The van der Waals surface area contributed by atoms with Crippen molar-refractivity contribution in [2.24, 2.45) is 5.92 Å². The standard InChI is InChI=1S/C19H29N3O3S.ClH/c23-19(21-12-10-16-7-6-11-20-15-16)17-8-2-3-9-18(17)26(24,25)22-13-4-1-5-14-22;/h2-3,8-9,16,20H,1,4-7,10-15H2,(H,21,23);1H. The Hall–Kier alpha value is -1.15. The number of amides is 1. The molecule has 1 amide bonds. The molecule has 1 atom stereocenters. The van der Waals surface area contributed by atoms with Crippen LogP contribution >= 0.6 is 12.4 Å². The summed E-state index contributed by atoms with van der Waals surface area (Å²) in [5.74, 6) is 0.279. The van der Waals surface area contributed by atoms with Gasteiger partial charge in [-0.3, -0.25) is 4.79 Å². The lowest BCUT2D eigenvalue weighted by Crippen LogP contribution is -2.37. The lowest BCUT2D eigenvalue weighted by atomic mass is 9.96. The van der Waals surface area contributed by atoms with Crippen LogP contribution < -0.4 is 10.6 Å². The van der Waals surface area contributed by atoms with Gasteiger partial charge in [-0.05, 0) is 63.2 Å². The highest BCUT2D eigenvalue weighted by molar-refractivity contribution is 7.89. The highest BCUT2D eigenvalue weighted by Crippen LogP contribution is 2.23. The molecule has 0 radical (unpaired) electrons. The Bertz CT molecular complexity index is 715. The van der Waals surface area contributed by atoms with Crippen molar-refractivity contribution in [2.45, 2.75) is 43.4 Å². The van der Waals surface area contributed by atoms with E-state index in [9.17, 15) is 13.2 Å². The van der Waals surface area contributed by atoms with Crippen LogP contribution in [0.4, 0.5) is 0 Å². The number of benzene rings is 1. The molecule has 6 nitrogen and oxygen atoms in total. The van der Waals surface area contributed by atoms with E-state index in [1.54, 1.807) is 24.3 Å². The Kier molecular flexibility index (Phi) is 8.54. The first-order chi connectivity index (χ1) is 12.6. The van der Waals surface area contributed by atoms with Crippen LogP contribution in [0.25, 0.3) is 0 Å². The Labute approximate surface area is 168 Å². The van der Waals surface area contributed by atoms with Crippen molar-refractivity contribution in [1.29, 1.82) is 0 Å². The molecule has 0 saturated carbocycles. The van der Waals surface area contributed by atoms with E-state index in [1.165, 1.54) is 17.1 Å². The van der Waals surface area contributed by atoms with Gasteiger partial charge in [0.05, 0.1) is 10.5 Å². The van der Waals surface area contributed by atoms with Gasteiger partial charge in [-0.15, -0.1) is 12.4 Å². The number of hydrogen-bond donors (Lipinski definition) is 2. The summed E-state index contributed by atoms with van der Waals surface area (Å²) < 4.78 is 27.5. The normalized spacial score (nSPS) is 21.3. The van der Waals surface area contributed by atoms with Gasteiger partial charge in [0.25, 0.3) is 5.91 Å². The second kappa shape index (κ2) is 10.4. The Balaban J connectivity index is 0.00000261. The van der Waals surface area contributed by atoms with Crippen LogP contribution in [-0.2, 0) is 10.0 Å². The molecule has 0 aromatic heterocycles. The summed E-state index contributed by atoms with van der Waals surface area (Å²) in [6, 6.07) is 6.55. The summed E-state index contributed by atoms with van der Waals surface area (Å²) in [7, 11) is -3.62. The fraction of sp³-hybridized carbons (Fsp3) is 0.632. The van der Waals surface area contributed by atoms with E-state index in [1.807, 2.05) is 0 Å². The van der Waals surface area contributed by atoms with Crippen molar-refractivity contribution in [1.82, 2.24) is 14.9 Å². The van der Waals surface area contributed by atoms with E-state index in [-0.39, 0.29) is 28.8 Å². The first kappa shape index (κ1) is 22.1. The van der Waals surface area contributed by atoms with Gasteiger partial charge in [-0.25, -0.2) is 8.42 Å². The number of carbonyl (C=O) groups is 1. The van der Waals surface area contributed by atoms with E-state index in [0.29, 0.717) is 25.6 Å². The molecule has 27 heavy (non-hydrogen) atoms. The number of piperidine rings is 2. The van der Waals surface area contributed by atoms with Crippen molar-refractivity contribution in [3.63, 3.8) is 0 Å². The smallest absolute Gasteiger partial charge is 0.252 e. The lowest BCUT2D eigenvalue weighted by Gasteiger charge is -2.26. The first-order valence-electron chi connectivity index (χ1n) is 9.67. The van der Waals surface area contributed by atoms with Crippen molar-refractivity contribution in [3.8, 4) is 0 Å². The minimum atomic E-state index is -3.62. The number of carbonyl (C=O) groups excluding carboxylic acids is 1. The summed E-state index contributed by atoms with van der Waals surface area (Å²) >= 11 is 0. The zero-order valence-corrected chi connectivity index (χ0v) is 17.3. The van der Waals surface area contributed by atoms with E-state index in [0.717, 1.165) is 38.8 Å². The minimum Gasteiger partial charge on any atom is -0.352 e. The summed E-state index contributed by atoms with van der Waals surface area (Å²) in [6.45, 7) is 3.71. The van der Waals surface area contributed by atoms with Gasteiger partial charge in [0.15, 0.2) is 0 Å². The van der Waals surface area contributed by atoms with Crippen molar-refractivity contribution < 1.29 is 13.2 Å². The van der Waals surface area contributed by atoms with Crippen LogP contribution in [-0.4, -0.2) is 51.4 Å². The summed E-state index contributed by atoms with van der Waals surface area (Å²) in [6.07, 6.45) is 6.09. The number of rotatable bonds is 6. The highest BCUT2D eigenvalue weighted by Gasteiger charge is 2.29. The van der Waals surface area contributed by atoms with E-state index in [4.69, 9.17) is 0 Å². The van der Waals surface area contributed by atoms with Gasteiger partial charge in [-0.1, -0.05) is 18.6 Å². The van der Waals surface area contributed by atoms with E-state index in [2.05, 4.69) is 10.6 Å². The van der Waals surface area contributed by atoms with Crippen LogP contribution in [0.2, 0.25) is 0 Å². The maximum atomic E-state index is 13.0. The maximum absolute atomic E-state index is 13.0. The van der Waals surface area contributed by atoms with Gasteiger partial charge < -0.3 is 10.6 Å². The predicted octanol–water partition coefficient (Wildman–Crippen LogP) is 2.40. The fourth-order valence-corrected chi connectivity index (χ4v) is 5.49. The van der Waals surface area contributed by atoms with Crippen LogP contribution in [0.3, 0.4) is 0 Å². The SMILES string of the molecule is Cl.O=C(NCCC1CCCNC1)c1ccccc1S(=O)(=O)N1CCCCC1. The molecule has 1 unspecified atom stereocenters. The summed E-state index contributed by atoms with van der Waals surface area (Å²) in [5.41, 5.74) is 0.250. The molecule has 2 aliphatic rings. The third kappa shape index (κ3) is 5.67. The molecule has 2 saturated heterocycles. The molecule has 8 heteroatoms. The molecule has 2 fully saturated rings. The Morgan fingerprint density at radius 3 is 2.59 bits per heavy atom. The fourth-order valence-electron chi connectivity index (χ4n) is 3.78. The number of sulfonamides is 1. The van der Waals surface area contributed by atoms with Crippen molar-refractivity contribution >= 4 is 28.3 Å². The second-order valence-corrected chi connectivity index (χ2v) is 9.12. The molecule has 1 aromatic carbocycles. The molecule has 0 bridgehead atoms. The average molecular weight is 416 g/mol. The topological polar surface area (TPSA) is 78.5 Å². The van der Waals surface area contributed by atoms with Crippen LogP contribution in [0.15, 0.2) is 29.2 Å². The number of nitrogens with one attached hydrogen (secondary N) is 2. The zero-order valence-electron chi connectivity index (χ0n) is 15.7. The monoisotopic (exact) mass is 415 g/mol. The van der Waals surface area contributed by atoms with Crippen LogP contribution in [0.1, 0.15) is 48.9 Å². The molecule has 0 spiro atoms. The number of hydrogen-bond acceptors (Lipinski definition) is 4. The van der Waals surface area contributed by atoms with Crippen LogP contribution in [0.5, 0.6) is 0 Å². The molecular formula is C19H30ClN3O3S. The Morgan fingerprint density at radius 2 is 1.89 bits per heavy atom. The summed E-state index contributed by atoms with van der Waals surface area (Å²) in [5, 5.41) is 6.28. The molecular weight excluding hydrogens is 386 g/mol. The summed E-state index contributed by atoms with van der Waals surface area (Å²) in [4.78, 5) is 12.8. The third-order valence-corrected chi connectivity index (χ3v) is 7.26. The predicted molar refractivity (Wildman–Crippen MR) is 109 cm³/mol. The minimum absolute atomic E-state index is 0. The highest BCUT2D eigenvalue weighted by atomic mass is 35.5. The molecule has 2 heterocycles. The maximum Gasteiger partial charge on any atom is 0.252 e. The largest absolute Gasteiger partial charge is 0.352 e. The third-order valence-electron chi connectivity index (χ3n) is 5.30. The molecule has 152 valence electrons.